The third-order valence-corrected chi connectivity index (χ3v) is 9.47. The lowest BCUT2D eigenvalue weighted by molar-refractivity contribution is -0.109. The van der Waals surface area contributed by atoms with Crippen molar-refractivity contribution in [3.8, 4) is 0 Å². The van der Waals surface area contributed by atoms with Gasteiger partial charge in [0.15, 0.2) is 0 Å². The number of aldehydes is 1. The summed E-state index contributed by atoms with van der Waals surface area (Å²) in [4.78, 5) is 15.1. The molecule has 2 atom stereocenters. The van der Waals surface area contributed by atoms with Gasteiger partial charge in [-0.15, -0.1) is 0 Å². The van der Waals surface area contributed by atoms with Crippen molar-refractivity contribution in [1.29, 1.82) is 0 Å². The predicted molar refractivity (Wildman–Crippen MR) is 175 cm³/mol. The van der Waals surface area contributed by atoms with Gasteiger partial charge in [-0.05, 0) is 147 Å². The maximum absolute atomic E-state index is 9.82. The van der Waals surface area contributed by atoms with Crippen LogP contribution in [0.5, 0.6) is 0 Å². The Morgan fingerprint density at radius 1 is 0.975 bits per heavy atom. The number of anilines is 1. The SMILES string of the molecule is C=CN.C=CSNc1c2c(cc3c1CCC3)CCC2.CC(C)(C)CC=O.CN1CC2CC(N3CCCC3)CC2C1. The number of benzene rings is 1. The lowest BCUT2D eigenvalue weighted by Crippen LogP contribution is -2.32. The molecule has 2 unspecified atom stereocenters. The number of nitrogens with one attached hydrogen (secondary N) is 1. The molecule has 5 nitrogen and oxygen atoms in total. The van der Waals surface area contributed by atoms with Crippen molar-refractivity contribution in [2.75, 3.05) is 37.9 Å². The second-order valence-corrected chi connectivity index (χ2v) is 14.2. The number of hydrogen-bond donors (Lipinski definition) is 2. The van der Waals surface area contributed by atoms with Gasteiger partial charge in [0.25, 0.3) is 0 Å². The fourth-order valence-corrected chi connectivity index (χ4v) is 7.64. The molecular formula is C34H56N4OS. The minimum atomic E-state index is 0.182. The maximum atomic E-state index is 9.82. The minimum Gasteiger partial charge on any atom is -0.405 e. The van der Waals surface area contributed by atoms with E-state index in [1.807, 2.05) is 26.2 Å². The Kier molecular flexibility index (Phi) is 13.1. The Morgan fingerprint density at radius 2 is 1.50 bits per heavy atom. The molecule has 224 valence electrons. The maximum Gasteiger partial charge on any atom is 0.120 e. The molecular weight excluding hydrogens is 512 g/mol. The highest BCUT2D eigenvalue weighted by atomic mass is 32.2. The Morgan fingerprint density at radius 3 is 1.93 bits per heavy atom. The number of nitrogens with two attached hydrogens (primary N) is 1. The van der Waals surface area contributed by atoms with Gasteiger partial charge in [-0.1, -0.05) is 40.0 Å². The molecule has 1 saturated carbocycles. The zero-order valence-corrected chi connectivity index (χ0v) is 26.7. The zero-order chi connectivity index (χ0) is 29.1. The van der Waals surface area contributed by atoms with Crippen molar-refractivity contribution in [1.82, 2.24) is 9.80 Å². The lowest BCUT2D eigenvalue weighted by atomic mass is 9.93. The van der Waals surface area contributed by atoms with Crippen LogP contribution < -0.4 is 10.5 Å². The van der Waals surface area contributed by atoms with Crippen LogP contribution in [0.2, 0.25) is 0 Å². The summed E-state index contributed by atoms with van der Waals surface area (Å²) >= 11 is 1.61. The standard InChI is InChI=1S/C14H17NS.C12H22N2.C6H12O.C2H5N/c1-2-16-15-14-12-7-3-5-10(12)9-11-6-4-8-13(11)14;1-13-8-10-6-12(7-11(10)9-13)14-4-2-3-5-14;1-6(2,3)4-5-7;1-2-3/h2,9,15H,1,3-8H2;10-12H,2-9H2,1H3;5H,4H2,1-3H3;2H,1,3H2. The van der Waals surface area contributed by atoms with Crippen LogP contribution in [0.1, 0.15) is 88.0 Å². The molecule has 0 aromatic heterocycles. The molecule has 0 spiro atoms. The van der Waals surface area contributed by atoms with Crippen LogP contribution in [-0.4, -0.2) is 55.4 Å². The van der Waals surface area contributed by atoms with E-state index in [1.165, 1.54) is 102 Å². The molecule has 3 fully saturated rings. The number of hydrogen-bond acceptors (Lipinski definition) is 6. The molecule has 0 radical (unpaired) electrons. The molecule has 0 bridgehead atoms. The monoisotopic (exact) mass is 568 g/mol. The summed E-state index contributed by atoms with van der Waals surface area (Å²) in [5.41, 5.74) is 12.6. The van der Waals surface area contributed by atoms with Gasteiger partial charge < -0.3 is 25.1 Å². The van der Waals surface area contributed by atoms with E-state index in [2.05, 4.69) is 46.5 Å². The first-order valence-electron chi connectivity index (χ1n) is 15.6. The van der Waals surface area contributed by atoms with Crippen LogP contribution in [0.15, 0.2) is 30.8 Å². The topological polar surface area (TPSA) is 61.6 Å². The van der Waals surface area contributed by atoms with Crippen molar-refractivity contribution in [2.24, 2.45) is 23.0 Å². The largest absolute Gasteiger partial charge is 0.405 e. The van der Waals surface area contributed by atoms with Gasteiger partial charge in [0.2, 0.25) is 0 Å². The second kappa shape index (κ2) is 16.0. The van der Waals surface area contributed by atoms with Gasteiger partial charge >= 0.3 is 0 Å². The van der Waals surface area contributed by atoms with Crippen LogP contribution in [-0.2, 0) is 30.5 Å². The van der Waals surface area contributed by atoms with Crippen molar-refractivity contribution in [3.05, 3.63) is 53.1 Å². The van der Waals surface area contributed by atoms with Crippen molar-refractivity contribution >= 4 is 23.9 Å². The van der Waals surface area contributed by atoms with Crippen molar-refractivity contribution < 1.29 is 4.79 Å². The first kappa shape index (κ1) is 32.8. The van der Waals surface area contributed by atoms with E-state index in [0.29, 0.717) is 6.42 Å². The van der Waals surface area contributed by atoms with Crippen LogP contribution >= 0.6 is 11.9 Å². The molecule has 2 aliphatic heterocycles. The fraction of sp³-hybridized carbons (Fsp3) is 0.676. The highest BCUT2D eigenvalue weighted by Crippen LogP contribution is 2.41. The van der Waals surface area contributed by atoms with Gasteiger partial charge in [0, 0.05) is 25.6 Å². The Labute approximate surface area is 249 Å². The van der Waals surface area contributed by atoms with Gasteiger partial charge in [-0.25, -0.2) is 0 Å². The first-order chi connectivity index (χ1) is 19.2. The summed E-state index contributed by atoms with van der Waals surface area (Å²) in [5.74, 6) is 2.07. The normalized spacial score (nSPS) is 24.8. The van der Waals surface area contributed by atoms with Crippen LogP contribution in [0, 0.1) is 17.3 Å². The molecule has 2 heterocycles. The smallest absolute Gasteiger partial charge is 0.120 e. The summed E-state index contributed by atoms with van der Waals surface area (Å²) < 4.78 is 3.49. The van der Waals surface area contributed by atoms with Crippen molar-refractivity contribution in [3.63, 3.8) is 0 Å². The third-order valence-electron chi connectivity index (χ3n) is 8.98. The Bertz CT molecular complexity index is 919. The summed E-state index contributed by atoms with van der Waals surface area (Å²) in [6.45, 7) is 18.5. The summed E-state index contributed by atoms with van der Waals surface area (Å²) in [5, 5.41) is 1.87. The molecule has 0 amide bonds. The van der Waals surface area contributed by atoms with E-state index in [4.69, 9.17) is 0 Å². The summed E-state index contributed by atoms with van der Waals surface area (Å²) in [6.07, 6.45) is 16.5. The van der Waals surface area contributed by atoms with Crippen LogP contribution in [0.3, 0.4) is 0 Å². The number of carbonyl (C=O) groups excluding carboxylic acids is 1. The molecule has 6 rings (SSSR count). The molecule has 1 aromatic carbocycles. The predicted octanol–water partition coefficient (Wildman–Crippen LogP) is 7.00. The number of likely N-dealkylation sites (tertiary alicyclic amines) is 2. The number of fused-ring (bicyclic) bond motifs is 3. The fourth-order valence-electron chi connectivity index (χ4n) is 7.20. The highest BCUT2D eigenvalue weighted by Gasteiger charge is 2.41. The van der Waals surface area contributed by atoms with E-state index >= 15 is 0 Å². The molecule has 5 aliphatic rings. The van der Waals surface area contributed by atoms with Gasteiger partial charge in [-0.2, -0.15) is 0 Å². The number of rotatable bonds is 5. The van der Waals surface area contributed by atoms with E-state index in [9.17, 15) is 4.79 Å². The van der Waals surface area contributed by atoms with Gasteiger partial charge in [0.1, 0.15) is 6.29 Å². The number of nitrogens with zero attached hydrogens (tertiary/aromatic N) is 2. The average Bonchev–Trinajstić information content (AvgIpc) is 3.70. The summed E-state index contributed by atoms with van der Waals surface area (Å²) in [7, 11) is 2.28. The van der Waals surface area contributed by atoms with Crippen LogP contribution in [0.25, 0.3) is 0 Å². The summed E-state index contributed by atoms with van der Waals surface area (Å²) in [6, 6.07) is 3.43. The Hall–Kier alpha value is -1.76. The molecule has 6 heteroatoms. The highest BCUT2D eigenvalue weighted by molar-refractivity contribution is 8.03. The molecule has 3 aliphatic carbocycles. The van der Waals surface area contributed by atoms with E-state index < -0.39 is 0 Å². The van der Waals surface area contributed by atoms with E-state index in [0.717, 1.165) is 24.2 Å². The van der Waals surface area contributed by atoms with Crippen molar-refractivity contribution in [2.45, 2.75) is 97.4 Å². The molecule has 40 heavy (non-hydrogen) atoms. The third kappa shape index (κ3) is 9.39. The van der Waals surface area contributed by atoms with E-state index in [1.54, 1.807) is 34.2 Å². The average molecular weight is 569 g/mol. The number of carbonyl (C=O) groups is 1. The zero-order valence-electron chi connectivity index (χ0n) is 25.9. The van der Waals surface area contributed by atoms with Gasteiger partial charge in [0.05, 0.1) is 5.69 Å². The minimum absolute atomic E-state index is 0.182. The molecule has 1 aromatic rings. The van der Waals surface area contributed by atoms with Crippen LogP contribution in [0.4, 0.5) is 5.69 Å². The number of aryl methyl sites for hydroxylation is 2. The first-order valence-corrected chi connectivity index (χ1v) is 16.5. The van der Waals surface area contributed by atoms with E-state index in [-0.39, 0.29) is 5.41 Å². The molecule has 3 N–H and O–H groups in total. The Balaban J connectivity index is 0.000000168. The lowest BCUT2D eigenvalue weighted by Gasteiger charge is -2.24. The quantitative estimate of drug-likeness (QED) is 0.295. The van der Waals surface area contributed by atoms with Gasteiger partial charge in [-0.3, -0.25) is 0 Å². The molecule has 2 saturated heterocycles. The second-order valence-electron chi connectivity index (χ2n) is 13.4.